The number of carboxylic acids is 1. The third kappa shape index (κ3) is 6.15. The van der Waals surface area contributed by atoms with Crippen LogP contribution in [0, 0.1) is 18.3 Å². The zero-order valence-corrected chi connectivity index (χ0v) is 18.7. The van der Waals surface area contributed by atoms with Gasteiger partial charge in [0.15, 0.2) is 0 Å². The smallest absolute Gasteiger partial charge is 0.317 e. The van der Waals surface area contributed by atoms with Crippen LogP contribution in [0.1, 0.15) is 36.8 Å². The second-order valence-corrected chi connectivity index (χ2v) is 7.73. The highest BCUT2D eigenvalue weighted by atomic mass is 35.5. The summed E-state index contributed by atoms with van der Waals surface area (Å²) in [4.78, 5) is 27.7. The summed E-state index contributed by atoms with van der Waals surface area (Å²) in [6.45, 7) is 4.79. The van der Waals surface area contributed by atoms with Crippen LogP contribution in [0.4, 0.5) is 10.5 Å². The monoisotopic (exact) mass is 459 g/mol. The Morgan fingerprint density at radius 2 is 1.70 bits per heavy atom. The van der Waals surface area contributed by atoms with Gasteiger partial charge < -0.3 is 26.0 Å². The first kappa shape index (κ1) is 25.8. The second-order valence-electron chi connectivity index (χ2n) is 7.73. The van der Waals surface area contributed by atoms with E-state index in [1.54, 1.807) is 0 Å². The van der Waals surface area contributed by atoms with E-state index in [4.69, 9.17) is 16.2 Å². The molecule has 2 aliphatic rings. The summed E-state index contributed by atoms with van der Waals surface area (Å²) in [6, 6.07) is 5.79. The van der Waals surface area contributed by atoms with E-state index in [1.807, 2.05) is 30.0 Å². The highest BCUT2D eigenvalue weighted by molar-refractivity contribution is 5.95. The molecule has 1 heterocycles. The number of nitrogens with zero attached hydrogens (tertiary/aromatic N) is 2. The fourth-order valence-electron chi connectivity index (χ4n) is 4.08. The van der Waals surface area contributed by atoms with Crippen molar-refractivity contribution in [3.63, 3.8) is 0 Å². The predicted molar refractivity (Wildman–Crippen MR) is 122 cm³/mol. The van der Waals surface area contributed by atoms with Crippen LogP contribution in [0.2, 0.25) is 0 Å². The van der Waals surface area contributed by atoms with Crippen LogP contribution in [0.5, 0.6) is 0 Å². The maximum absolute atomic E-state index is 12.6. The number of amidine groups is 1. The van der Waals surface area contributed by atoms with Crippen molar-refractivity contribution in [2.24, 2.45) is 11.7 Å². The highest BCUT2D eigenvalue weighted by Crippen LogP contribution is 2.25. The summed E-state index contributed by atoms with van der Waals surface area (Å²) in [5, 5.41) is 19.7. The van der Waals surface area contributed by atoms with Gasteiger partial charge in [0.25, 0.3) is 0 Å². The molecule has 0 bridgehead atoms. The number of amides is 2. The summed E-state index contributed by atoms with van der Waals surface area (Å²) in [6.07, 6.45) is 2.71. The van der Waals surface area contributed by atoms with E-state index < -0.39 is 5.97 Å². The quantitative estimate of drug-likeness (QED) is 0.406. The first-order valence-corrected chi connectivity index (χ1v) is 9.83. The van der Waals surface area contributed by atoms with Crippen molar-refractivity contribution in [2.75, 3.05) is 31.1 Å². The summed E-state index contributed by atoms with van der Waals surface area (Å²) in [5.74, 6) is -0.935. The SMILES string of the molecule is Cc1cc(C(=N)N)ccc1N1CCN(C(=O)NC2CCC(C(=O)O)CC2)CC1.Cl.Cl. The van der Waals surface area contributed by atoms with Gasteiger partial charge in [-0.2, -0.15) is 0 Å². The van der Waals surface area contributed by atoms with Crippen molar-refractivity contribution in [1.29, 1.82) is 5.41 Å². The Morgan fingerprint density at radius 1 is 1.10 bits per heavy atom. The summed E-state index contributed by atoms with van der Waals surface area (Å²) < 4.78 is 0. The van der Waals surface area contributed by atoms with E-state index in [9.17, 15) is 9.59 Å². The van der Waals surface area contributed by atoms with E-state index in [0.29, 0.717) is 25.9 Å². The van der Waals surface area contributed by atoms with E-state index in [-0.39, 0.29) is 48.6 Å². The molecule has 0 radical (unpaired) electrons. The van der Waals surface area contributed by atoms with Gasteiger partial charge in [-0.05, 0) is 56.4 Å². The molecule has 30 heavy (non-hydrogen) atoms. The molecule has 168 valence electrons. The summed E-state index contributed by atoms with van der Waals surface area (Å²) >= 11 is 0. The van der Waals surface area contributed by atoms with Gasteiger partial charge >= 0.3 is 12.0 Å². The number of halogens is 2. The number of nitrogens with two attached hydrogens (primary N) is 1. The van der Waals surface area contributed by atoms with Crippen molar-refractivity contribution in [1.82, 2.24) is 10.2 Å². The molecule has 0 unspecified atom stereocenters. The minimum Gasteiger partial charge on any atom is -0.481 e. The average molecular weight is 460 g/mol. The van der Waals surface area contributed by atoms with Crippen molar-refractivity contribution < 1.29 is 14.7 Å². The van der Waals surface area contributed by atoms with Gasteiger partial charge in [-0.1, -0.05) is 0 Å². The number of carbonyl (C=O) groups is 2. The Hall–Kier alpha value is -2.19. The van der Waals surface area contributed by atoms with Crippen molar-refractivity contribution in [3.05, 3.63) is 29.3 Å². The zero-order valence-electron chi connectivity index (χ0n) is 17.1. The lowest BCUT2D eigenvalue weighted by Crippen LogP contribution is -2.54. The topological polar surface area (TPSA) is 123 Å². The molecule has 1 aliphatic heterocycles. The maximum Gasteiger partial charge on any atom is 0.317 e. The number of urea groups is 1. The molecule has 2 amide bonds. The van der Waals surface area contributed by atoms with Gasteiger partial charge in [-0.3, -0.25) is 10.2 Å². The molecular formula is C20H31Cl2N5O3. The van der Waals surface area contributed by atoms with Gasteiger partial charge in [0.2, 0.25) is 0 Å². The Labute approximate surface area is 189 Å². The Morgan fingerprint density at radius 3 is 2.20 bits per heavy atom. The molecule has 3 rings (SSSR count). The number of aryl methyl sites for hydroxylation is 1. The van der Waals surface area contributed by atoms with Gasteiger partial charge in [0.1, 0.15) is 5.84 Å². The van der Waals surface area contributed by atoms with Crippen LogP contribution in [-0.2, 0) is 4.79 Å². The van der Waals surface area contributed by atoms with Gasteiger partial charge in [-0.25, -0.2) is 4.79 Å². The third-order valence-electron chi connectivity index (χ3n) is 5.82. The summed E-state index contributed by atoms with van der Waals surface area (Å²) in [5.41, 5.74) is 8.45. The fourth-order valence-corrected chi connectivity index (χ4v) is 4.08. The molecule has 1 aliphatic carbocycles. The molecule has 0 spiro atoms. The van der Waals surface area contributed by atoms with Gasteiger partial charge in [-0.15, -0.1) is 24.8 Å². The molecule has 5 N–H and O–H groups in total. The number of nitrogens with one attached hydrogen (secondary N) is 2. The van der Waals surface area contributed by atoms with Crippen LogP contribution in [0.3, 0.4) is 0 Å². The number of nitrogen functional groups attached to an aromatic ring is 1. The second kappa shape index (κ2) is 11.3. The highest BCUT2D eigenvalue weighted by Gasteiger charge is 2.29. The lowest BCUT2D eigenvalue weighted by molar-refractivity contribution is -0.142. The molecule has 0 atom stereocenters. The number of benzene rings is 1. The molecule has 2 fully saturated rings. The van der Waals surface area contributed by atoms with Crippen molar-refractivity contribution >= 4 is 48.3 Å². The van der Waals surface area contributed by atoms with Crippen molar-refractivity contribution in [3.8, 4) is 0 Å². The van der Waals surface area contributed by atoms with Gasteiger partial charge in [0, 0.05) is 43.5 Å². The maximum atomic E-state index is 12.6. The molecule has 1 saturated heterocycles. The Balaban J connectivity index is 0.00000225. The minimum absolute atomic E-state index is 0. The van der Waals surface area contributed by atoms with E-state index in [1.165, 1.54) is 0 Å². The first-order valence-electron chi connectivity index (χ1n) is 9.83. The number of carboxylic acid groups (broad SMARTS) is 1. The number of aliphatic carboxylic acids is 1. The minimum atomic E-state index is -0.729. The van der Waals surface area contributed by atoms with E-state index in [2.05, 4.69) is 10.2 Å². The largest absolute Gasteiger partial charge is 0.481 e. The van der Waals surface area contributed by atoms with Crippen molar-refractivity contribution in [2.45, 2.75) is 38.6 Å². The van der Waals surface area contributed by atoms with E-state index in [0.717, 1.165) is 42.7 Å². The molecule has 8 nitrogen and oxygen atoms in total. The van der Waals surface area contributed by atoms with Crippen LogP contribution in [0.25, 0.3) is 0 Å². The average Bonchev–Trinajstić information content (AvgIpc) is 2.68. The lowest BCUT2D eigenvalue weighted by atomic mass is 9.86. The van der Waals surface area contributed by atoms with Crippen LogP contribution in [-0.4, -0.2) is 60.1 Å². The molecule has 10 heteroatoms. The van der Waals surface area contributed by atoms with Crippen LogP contribution < -0.4 is 16.0 Å². The molecule has 1 saturated carbocycles. The van der Waals surface area contributed by atoms with Crippen LogP contribution in [0.15, 0.2) is 18.2 Å². The number of hydrogen-bond acceptors (Lipinski definition) is 4. The molecular weight excluding hydrogens is 429 g/mol. The lowest BCUT2D eigenvalue weighted by Gasteiger charge is -2.38. The normalized spacial score (nSPS) is 21.1. The number of rotatable bonds is 4. The first-order chi connectivity index (χ1) is 13.3. The molecule has 1 aromatic rings. The Bertz CT molecular complexity index is 761. The standard InChI is InChI=1S/C20H29N5O3.2ClH/c1-13-12-15(18(21)22)4-7-17(13)24-8-10-25(11-9-24)20(28)23-16-5-2-14(3-6-16)19(26)27;;/h4,7,12,14,16H,2-3,5-6,8-11H2,1H3,(H3,21,22)(H,23,28)(H,26,27);2*1H. The molecule has 1 aromatic carbocycles. The number of hydrogen-bond donors (Lipinski definition) is 4. The van der Waals surface area contributed by atoms with Crippen LogP contribution >= 0.6 is 24.8 Å². The fraction of sp³-hybridized carbons (Fsp3) is 0.550. The molecule has 0 aromatic heterocycles. The zero-order chi connectivity index (χ0) is 20.3. The predicted octanol–water partition coefficient (Wildman–Crippen LogP) is 2.60. The van der Waals surface area contributed by atoms with Gasteiger partial charge in [0.05, 0.1) is 5.92 Å². The number of anilines is 1. The Kier molecular flexibility index (Phi) is 9.71. The summed E-state index contributed by atoms with van der Waals surface area (Å²) in [7, 11) is 0. The number of piperazine rings is 1. The van der Waals surface area contributed by atoms with E-state index >= 15 is 0 Å². The number of carbonyl (C=O) groups excluding carboxylic acids is 1. The third-order valence-corrected chi connectivity index (χ3v) is 5.82.